The molecule has 2 amide bonds. The van der Waals surface area contributed by atoms with Crippen LogP contribution in [0.25, 0.3) is 5.57 Å². The summed E-state index contributed by atoms with van der Waals surface area (Å²) in [5, 5.41) is 21.4. The summed E-state index contributed by atoms with van der Waals surface area (Å²) in [4.78, 5) is 44.3. The van der Waals surface area contributed by atoms with E-state index in [9.17, 15) is 19.5 Å². The second-order valence-electron chi connectivity index (χ2n) is 16.7. The molecule has 6 rings (SSSR count). The third-order valence-corrected chi connectivity index (χ3v) is 13.0. The quantitative estimate of drug-likeness (QED) is 0.200. The number of benzene rings is 1. The zero-order valence-electron chi connectivity index (χ0n) is 32.0. The second kappa shape index (κ2) is 16.1. The maximum absolute atomic E-state index is 14.3. The Morgan fingerprint density at radius 1 is 0.922 bits per heavy atom. The number of aliphatic hydroxyl groups excluding tert-OH is 1. The van der Waals surface area contributed by atoms with E-state index in [0.717, 1.165) is 56.8 Å². The number of anilines is 2. The predicted molar refractivity (Wildman–Crippen MR) is 207 cm³/mol. The highest BCUT2D eigenvalue weighted by Crippen LogP contribution is 2.45. The van der Waals surface area contributed by atoms with E-state index in [0.29, 0.717) is 35.2 Å². The predicted octanol–water partition coefficient (Wildman–Crippen LogP) is 9.75. The summed E-state index contributed by atoms with van der Waals surface area (Å²) in [5.74, 6) is 0.691. The topological polar surface area (TPSA) is 102 Å². The Morgan fingerprint density at radius 2 is 1.53 bits per heavy atom. The third kappa shape index (κ3) is 7.71. The number of amides is 2. The number of Topliss-reactive ketones (excluding diaryl/α,β-unsaturated/α-hetero) is 1. The maximum atomic E-state index is 14.3. The highest BCUT2D eigenvalue weighted by atomic mass is 16.3. The zero-order chi connectivity index (χ0) is 36.3. The van der Waals surface area contributed by atoms with Crippen LogP contribution in [0.2, 0.25) is 0 Å². The van der Waals surface area contributed by atoms with Crippen LogP contribution in [0.15, 0.2) is 40.2 Å². The van der Waals surface area contributed by atoms with Crippen LogP contribution in [0.3, 0.4) is 0 Å². The molecule has 1 heterocycles. The van der Waals surface area contributed by atoms with Crippen LogP contribution in [0.4, 0.5) is 11.4 Å². The van der Waals surface area contributed by atoms with Gasteiger partial charge in [0.2, 0.25) is 11.7 Å². The molecular formula is C43H62N4O4. The number of carbonyl (C=O) groups is 3. The van der Waals surface area contributed by atoms with Crippen molar-refractivity contribution in [3.8, 4) is 0 Å². The molecule has 1 aromatic rings. The van der Waals surface area contributed by atoms with Crippen molar-refractivity contribution in [2.75, 3.05) is 23.3 Å². The first-order valence-electron chi connectivity index (χ1n) is 20.4. The van der Waals surface area contributed by atoms with Gasteiger partial charge in [0.15, 0.2) is 0 Å². The molecule has 5 aliphatic rings. The smallest absolute Gasteiger partial charge is 0.277 e. The Balaban J connectivity index is 1.31. The first-order chi connectivity index (χ1) is 24.6. The van der Waals surface area contributed by atoms with Crippen molar-refractivity contribution in [1.82, 2.24) is 5.01 Å². The highest BCUT2D eigenvalue weighted by Gasteiger charge is 2.47. The van der Waals surface area contributed by atoms with Crippen molar-refractivity contribution in [3.63, 3.8) is 0 Å². The van der Waals surface area contributed by atoms with Gasteiger partial charge >= 0.3 is 0 Å². The molecule has 8 heteroatoms. The largest absolute Gasteiger partial charge is 0.506 e. The summed E-state index contributed by atoms with van der Waals surface area (Å²) < 4.78 is 0. The third-order valence-electron chi connectivity index (χ3n) is 13.0. The van der Waals surface area contributed by atoms with Crippen LogP contribution in [-0.4, -0.2) is 52.6 Å². The summed E-state index contributed by atoms with van der Waals surface area (Å²) in [6.07, 6.45) is 20.0. The van der Waals surface area contributed by atoms with Crippen LogP contribution in [0, 0.1) is 23.2 Å². The lowest BCUT2D eigenvalue weighted by Crippen LogP contribution is -2.46. The summed E-state index contributed by atoms with van der Waals surface area (Å²) in [6.45, 7) is 11.5. The fraction of sp³-hybridized carbons (Fsp3) is 0.674. The molecule has 51 heavy (non-hydrogen) atoms. The van der Waals surface area contributed by atoms with E-state index < -0.39 is 5.41 Å². The number of hydrogen-bond acceptors (Lipinski definition) is 6. The molecule has 0 radical (unpaired) electrons. The molecule has 0 aromatic heterocycles. The number of ketones is 1. The van der Waals surface area contributed by atoms with E-state index in [2.05, 4.69) is 17.1 Å². The van der Waals surface area contributed by atoms with Gasteiger partial charge in [-0.1, -0.05) is 85.0 Å². The number of nitrogens with zero attached hydrogens (tertiary/aromatic N) is 3. The summed E-state index contributed by atoms with van der Waals surface area (Å²) in [6, 6.07) is 5.82. The van der Waals surface area contributed by atoms with Crippen LogP contribution in [-0.2, 0) is 14.4 Å². The van der Waals surface area contributed by atoms with Gasteiger partial charge in [-0.15, -0.1) is 0 Å². The first kappa shape index (κ1) is 37.3. The molecular weight excluding hydrogens is 636 g/mol. The van der Waals surface area contributed by atoms with Gasteiger partial charge in [-0.25, -0.2) is 5.01 Å². The number of allylic oxidation sites excluding steroid dienone is 2. The Hall–Kier alpha value is -3.42. The Morgan fingerprint density at radius 3 is 2.10 bits per heavy atom. The number of hydrazone groups is 1. The standard InChI is InChI=1S/C43H62N4O4/c1-6-43(4,5)42(51)44-34-27-32(46(7-2)26-16-19-29-17-14-15-18-29)24-25-33(34)36-39(48)37(40(36)49)35-28(3)45-47(41(35)50)38(30-20-10-8-11-21-30)31-22-12-9-13-23-31/h24-25,27,29-31,38,48H,6-23,26H2,1-5H3,(H,44,51)/b37-35-. The number of carbonyl (C=O) groups excluding carboxylic acids is 3. The van der Waals surface area contributed by atoms with E-state index in [1.807, 2.05) is 39.0 Å². The summed E-state index contributed by atoms with van der Waals surface area (Å²) in [5.41, 5.74) is 2.27. The molecule has 4 aliphatic carbocycles. The van der Waals surface area contributed by atoms with E-state index in [1.54, 1.807) is 11.9 Å². The minimum absolute atomic E-state index is 0.0304. The monoisotopic (exact) mass is 698 g/mol. The van der Waals surface area contributed by atoms with Crippen LogP contribution < -0.4 is 10.2 Å². The number of nitrogens with one attached hydrogen (secondary N) is 1. The van der Waals surface area contributed by atoms with Crippen molar-refractivity contribution in [2.45, 2.75) is 150 Å². The van der Waals surface area contributed by atoms with E-state index in [1.165, 1.54) is 70.6 Å². The van der Waals surface area contributed by atoms with Gasteiger partial charge in [-0.05, 0) is 94.7 Å². The lowest BCUT2D eigenvalue weighted by atomic mass is 9.73. The number of rotatable bonds is 13. The van der Waals surface area contributed by atoms with Crippen molar-refractivity contribution >= 4 is 40.3 Å². The minimum atomic E-state index is -0.618. The fourth-order valence-corrected chi connectivity index (χ4v) is 9.48. The molecule has 0 atom stereocenters. The lowest BCUT2D eigenvalue weighted by molar-refractivity contribution is -0.131. The van der Waals surface area contributed by atoms with Crippen molar-refractivity contribution < 1.29 is 19.5 Å². The maximum Gasteiger partial charge on any atom is 0.277 e. The van der Waals surface area contributed by atoms with Crippen molar-refractivity contribution in [1.29, 1.82) is 0 Å². The molecule has 8 nitrogen and oxygen atoms in total. The van der Waals surface area contributed by atoms with Crippen molar-refractivity contribution in [3.05, 3.63) is 40.7 Å². The molecule has 0 unspecified atom stereocenters. The Kier molecular flexibility index (Phi) is 11.8. The summed E-state index contributed by atoms with van der Waals surface area (Å²) in [7, 11) is 0. The molecule has 1 aliphatic heterocycles. The van der Waals surface area contributed by atoms with Crippen LogP contribution >= 0.6 is 0 Å². The molecule has 0 spiro atoms. The molecule has 0 bridgehead atoms. The first-order valence-corrected chi connectivity index (χ1v) is 20.4. The Labute approximate surface area is 306 Å². The molecule has 0 saturated heterocycles. The average Bonchev–Trinajstić information content (AvgIpc) is 3.76. The molecule has 278 valence electrons. The SMILES string of the molecule is CCN(CCCC1CCCC1)c1ccc(C2=C(O)/C(=C3/C(=O)N(C(C4CCCCC4)C4CCCCC4)N=C3C)C2=O)c(NC(=O)C(C)(C)CC)c1. The van der Waals surface area contributed by atoms with E-state index >= 15 is 0 Å². The summed E-state index contributed by atoms with van der Waals surface area (Å²) >= 11 is 0. The van der Waals surface area contributed by atoms with Gasteiger partial charge in [-0.3, -0.25) is 14.4 Å². The van der Waals surface area contributed by atoms with Gasteiger partial charge in [0.25, 0.3) is 5.91 Å². The van der Waals surface area contributed by atoms with Crippen molar-refractivity contribution in [2.24, 2.45) is 28.3 Å². The van der Waals surface area contributed by atoms with Gasteiger partial charge in [-0.2, -0.15) is 5.10 Å². The van der Waals surface area contributed by atoms with E-state index in [4.69, 9.17) is 5.10 Å². The number of aliphatic hydroxyl groups is 1. The van der Waals surface area contributed by atoms with Gasteiger partial charge in [0.05, 0.1) is 34.2 Å². The van der Waals surface area contributed by atoms with Crippen LogP contribution in [0.5, 0.6) is 0 Å². The minimum Gasteiger partial charge on any atom is -0.506 e. The highest BCUT2D eigenvalue weighted by molar-refractivity contribution is 6.44. The average molecular weight is 699 g/mol. The number of hydrogen-bond donors (Lipinski definition) is 2. The second-order valence-corrected chi connectivity index (χ2v) is 16.7. The Bertz CT molecular complexity index is 1550. The van der Waals surface area contributed by atoms with Gasteiger partial charge < -0.3 is 15.3 Å². The van der Waals surface area contributed by atoms with E-state index in [-0.39, 0.29) is 46.1 Å². The molecule has 3 fully saturated rings. The van der Waals surface area contributed by atoms with Gasteiger partial charge in [0, 0.05) is 29.8 Å². The molecule has 2 N–H and O–H groups in total. The lowest BCUT2D eigenvalue weighted by Gasteiger charge is -2.41. The van der Waals surface area contributed by atoms with Gasteiger partial charge in [0.1, 0.15) is 5.76 Å². The molecule has 1 aromatic carbocycles. The molecule has 3 saturated carbocycles. The van der Waals surface area contributed by atoms with Crippen LogP contribution in [0.1, 0.15) is 149 Å². The fourth-order valence-electron chi connectivity index (χ4n) is 9.48. The zero-order valence-corrected chi connectivity index (χ0v) is 32.0. The normalized spacial score (nSPS) is 22.6.